The summed E-state index contributed by atoms with van der Waals surface area (Å²) in [6, 6.07) is 3.80. The third-order valence-corrected chi connectivity index (χ3v) is 2.88. The van der Waals surface area contributed by atoms with Crippen LogP contribution in [0.15, 0.2) is 23.5 Å². The lowest BCUT2D eigenvalue weighted by atomic mass is 10.2. The normalized spacial score (nSPS) is 12.2. The maximum absolute atomic E-state index is 8.74. The second-order valence-corrected chi connectivity index (χ2v) is 5.53. The molecular weight excluding hydrogens is 254 g/mol. The van der Waals surface area contributed by atoms with E-state index in [-0.39, 0.29) is 5.84 Å². The SMILES string of the molecule is CC(C)CN(CCN(C)C)c1ccnc(C(N)=NO)c1. The summed E-state index contributed by atoms with van der Waals surface area (Å²) in [5.74, 6) is 0.585. The Morgan fingerprint density at radius 3 is 2.65 bits per heavy atom. The van der Waals surface area contributed by atoms with E-state index in [2.05, 4.69) is 47.9 Å². The minimum Gasteiger partial charge on any atom is -0.409 e. The summed E-state index contributed by atoms with van der Waals surface area (Å²) in [5, 5.41) is 11.7. The number of pyridine rings is 1. The molecule has 0 fully saturated rings. The summed E-state index contributed by atoms with van der Waals surface area (Å²) in [5.41, 5.74) is 7.13. The lowest BCUT2D eigenvalue weighted by Gasteiger charge is -2.28. The highest BCUT2D eigenvalue weighted by Crippen LogP contribution is 2.16. The van der Waals surface area contributed by atoms with E-state index < -0.39 is 0 Å². The Kier molecular flexibility index (Phi) is 6.24. The van der Waals surface area contributed by atoms with Crippen molar-refractivity contribution in [3.8, 4) is 0 Å². The average molecular weight is 279 g/mol. The molecule has 0 saturated heterocycles. The molecule has 1 aromatic heterocycles. The van der Waals surface area contributed by atoms with Crippen LogP contribution in [0.1, 0.15) is 19.5 Å². The molecule has 0 saturated carbocycles. The number of oxime groups is 1. The minimum absolute atomic E-state index is 0.0314. The molecule has 0 spiro atoms. The smallest absolute Gasteiger partial charge is 0.188 e. The lowest BCUT2D eigenvalue weighted by Crippen LogP contribution is -2.34. The topological polar surface area (TPSA) is 78.0 Å². The second kappa shape index (κ2) is 7.69. The van der Waals surface area contributed by atoms with Crippen molar-refractivity contribution in [2.45, 2.75) is 13.8 Å². The van der Waals surface area contributed by atoms with E-state index in [9.17, 15) is 0 Å². The van der Waals surface area contributed by atoms with E-state index in [0.717, 1.165) is 25.3 Å². The molecule has 0 amide bonds. The van der Waals surface area contributed by atoms with Crippen LogP contribution in [0.2, 0.25) is 0 Å². The van der Waals surface area contributed by atoms with Crippen LogP contribution in [0.5, 0.6) is 0 Å². The zero-order chi connectivity index (χ0) is 15.1. The quantitative estimate of drug-likeness (QED) is 0.339. The molecule has 1 rings (SSSR count). The molecule has 3 N–H and O–H groups in total. The van der Waals surface area contributed by atoms with Gasteiger partial charge in [0.25, 0.3) is 0 Å². The number of anilines is 1. The molecule has 0 atom stereocenters. The van der Waals surface area contributed by atoms with Crippen molar-refractivity contribution in [3.63, 3.8) is 0 Å². The van der Waals surface area contributed by atoms with Gasteiger partial charge >= 0.3 is 0 Å². The maximum atomic E-state index is 8.74. The van der Waals surface area contributed by atoms with Gasteiger partial charge in [0.05, 0.1) is 0 Å². The lowest BCUT2D eigenvalue weighted by molar-refractivity contribution is 0.318. The molecule has 1 heterocycles. The fraction of sp³-hybridized carbons (Fsp3) is 0.571. The Balaban J connectivity index is 2.94. The molecule has 0 radical (unpaired) electrons. The fourth-order valence-electron chi connectivity index (χ4n) is 1.89. The van der Waals surface area contributed by atoms with Crippen molar-refractivity contribution in [1.82, 2.24) is 9.88 Å². The molecule has 20 heavy (non-hydrogen) atoms. The van der Waals surface area contributed by atoms with Crippen LogP contribution in [-0.2, 0) is 0 Å². The van der Waals surface area contributed by atoms with Gasteiger partial charge in [-0.1, -0.05) is 19.0 Å². The summed E-state index contributed by atoms with van der Waals surface area (Å²) in [6.07, 6.45) is 1.69. The van der Waals surface area contributed by atoms with Crippen molar-refractivity contribution in [1.29, 1.82) is 0 Å². The average Bonchev–Trinajstić information content (AvgIpc) is 2.42. The molecule has 0 aliphatic heterocycles. The van der Waals surface area contributed by atoms with Gasteiger partial charge in [-0.2, -0.15) is 0 Å². The van der Waals surface area contributed by atoms with E-state index in [4.69, 9.17) is 10.9 Å². The van der Waals surface area contributed by atoms with E-state index >= 15 is 0 Å². The summed E-state index contributed by atoms with van der Waals surface area (Å²) >= 11 is 0. The van der Waals surface area contributed by atoms with E-state index in [1.807, 2.05) is 12.1 Å². The largest absolute Gasteiger partial charge is 0.409 e. The van der Waals surface area contributed by atoms with E-state index in [1.54, 1.807) is 6.20 Å². The van der Waals surface area contributed by atoms with E-state index in [0.29, 0.717) is 11.6 Å². The first kappa shape index (κ1) is 16.2. The van der Waals surface area contributed by atoms with Gasteiger partial charge in [-0.3, -0.25) is 4.98 Å². The van der Waals surface area contributed by atoms with Crippen molar-refractivity contribution >= 4 is 11.5 Å². The van der Waals surface area contributed by atoms with Crippen molar-refractivity contribution < 1.29 is 5.21 Å². The van der Waals surface area contributed by atoms with Gasteiger partial charge in [0.1, 0.15) is 5.69 Å². The van der Waals surface area contributed by atoms with Crippen LogP contribution in [0, 0.1) is 5.92 Å². The minimum atomic E-state index is 0.0314. The molecular formula is C14H25N5O. The van der Waals surface area contributed by atoms with Crippen LogP contribution in [0.4, 0.5) is 5.69 Å². The number of hydrogen-bond acceptors (Lipinski definition) is 5. The highest BCUT2D eigenvalue weighted by molar-refractivity contribution is 5.95. The number of amidine groups is 1. The molecule has 0 aliphatic rings. The van der Waals surface area contributed by atoms with E-state index in [1.165, 1.54) is 0 Å². The number of hydrogen-bond donors (Lipinski definition) is 2. The van der Waals surface area contributed by atoms with Gasteiger partial charge in [-0.15, -0.1) is 0 Å². The van der Waals surface area contributed by atoms with Gasteiger partial charge in [0.15, 0.2) is 5.84 Å². The van der Waals surface area contributed by atoms with Crippen LogP contribution < -0.4 is 10.6 Å². The molecule has 6 heteroatoms. The summed E-state index contributed by atoms with van der Waals surface area (Å²) in [4.78, 5) is 8.56. The zero-order valence-electron chi connectivity index (χ0n) is 12.7. The molecule has 6 nitrogen and oxygen atoms in total. The monoisotopic (exact) mass is 279 g/mol. The third-order valence-electron chi connectivity index (χ3n) is 2.88. The molecule has 1 aromatic rings. The number of aromatic nitrogens is 1. The van der Waals surface area contributed by atoms with Gasteiger partial charge < -0.3 is 20.7 Å². The first-order chi connectivity index (χ1) is 9.43. The number of nitrogens with zero attached hydrogens (tertiary/aromatic N) is 4. The van der Waals surface area contributed by atoms with Gasteiger partial charge in [-0.25, -0.2) is 0 Å². The highest BCUT2D eigenvalue weighted by Gasteiger charge is 2.11. The van der Waals surface area contributed by atoms with Crippen LogP contribution in [0.25, 0.3) is 0 Å². The Bertz CT molecular complexity index is 445. The number of likely N-dealkylation sites (N-methyl/N-ethyl adjacent to an activating group) is 1. The summed E-state index contributed by atoms with van der Waals surface area (Å²) in [6.45, 7) is 7.22. The van der Waals surface area contributed by atoms with Crippen molar-refractivity contribution in [3.05, 3.63) is 24.0 Å². The van der Waals surface area contributed by atoms with Gasteiger partial charge in [0.2, 0.25) is 0 Å². The highest BCUT2D eigenvalue weighted by atomic mass is 16.4. The zero-order valence-corrected chi connectivity index (χ0v) is 12.7. The summed E-state index contributed by atoms with van der Waals surface area (Å²) < 4.78 is 0. The summed E-state index contributed by atoms with van der Waals surface area (Å²) in [7, 11) is 4.11. The van der Waals surface area contributed by atoms with Crippen LogP contribution in [-0.4, -0.2) is 54.7 Å². The standard InChI is InChI=1S/C14H25N5O/c1-11(2)10-19(8-7-18(3)4)12-5-6-16-13(9-12)14(15)17-20/h5-6,9,11,20H,7-8,10H2,1-4H3,(H2,15,17). The van der Waals surface area contributed by atoms with Crippen molar-refractivity contribution in [2.75, 3.05) is 38.6 Å². The number of nitrogens with two attached hydrogens (primary N) is 1. The Hall–Kier alpha value is -1.82. The fourth-order valence-corrected chi connectivity index (χ4v) is 1.89. The molecule has 0 unspecified atom stereocenters. The van der Waals surface area contributed by atoms with Crippen molar-refractivity contribution in [2.24, 2.45) is 16.8 Å². The van der Waals surface area contributed by atoms with Gasteiger partial charge in [0, 0.05) is 31.5 Å². The molecule has 0 aliphatic carbocycles. The number of rotatable bonds is 7. The third kappa shape index (κ3) is 5.05. The Labute approximate surface area is 120 Å². The predicted octanol–water partition coefficient (Wildman–Crippen LogP) is 1.20. The maximum Gasteiger partial charge on any atom is 0.188 e. The Morgan fingerprint density at radius 2 is 2.10 bits per heavy atom. The first-order valence-corrected chi connectivity index (χ1v) is 6.77. The van der Waals surface area contributed by atoms with Crippen LogP contribution >= 0.6 is 0 Å². The first-order valence-electron chi connectivity index (χ1n) is 6.77. The molecule has 112 valence electrons. The predicted molar refractivity (Wildman–Crippen MR) is 82.4 cm³/mol. The molecule has 0 bridgehead atoms. The molecule has 0 aromatic carbocycles. The van der Waals surface area contributed by atoms with Gasteiger partial charge in [-0.05, 0) is 32.1 Å². The van der Waals surface area contributed by atoms with Crippen LogP contribution in [0.3, 0.4) is 0 Å². The Morgan fingerprint density at radius 1 is 1.40 bits per heavy atom. The second-order valence-electron chi connectivity index (χ2n) is 5.53.